The topological polar surface area (TPSA) is 86.4 Å². The molecule has 2 aromatic rings. The summed E-state index contributed by atoms with van der Waals surface area (Å²) in [6.45, 7) is -0.232. The van der Waals surface area contributed by atoms with Crippen LogP contribution in [0.5, 0.6) is 5.75 Å². The van der Waals surface area contributed by atoms with Crippen molar-refractivity contribution in [3.8, 4) is 11.4 Å². The van der Waals surface area contributed by atoms with Crippen molar-refractivity contribution in [1.82, 2.24) is 14.3 Å². The largest absolute Gasteiger partial charge is 0.479 e. The highest BCUT2D eigenvalue weighted by Gasteiger charge is 2.23. The molecule has 1 aromatic carbocycles. The van der Waals surface area contributed by atoms with Gasteiger partial charge >= 0.3 is 18.2 Å². The summed E-state index contributed by atoms with van der Waals surface area (Å²) in [5.41, 5.74) is -1.17. The number of hydrogen-bond acceptors (Lipinski definition) is 4. The van der Waals surface area contributed by atoms with Crippen LogP contribution in [0.15, 0.2) is 16.9 Å². The molecule has 136 valence electrons. The molecule has 7 nitrogen and oxygen atoms in total. The van der Waals surface area contributed by atoms with Crippen LogP contribution in [-0.2, 0) is 4.79 Å². The highest BCUT2D eigenvalue weighted by molar-refractivity contribution is 6.36. The third-order valence-corrected chi connectivity index (χ3v) is 3.92. The van der Waals surface area contributed by atoms with Gasteiger partial charge in [-0.2, -0.15) is 13.5 Å². The maximum atomic E-state index is 12.9. The first-order chi connectivity index (χ1) is 11.7. The van der Waals surface area contributed by atoms with Gasteiger partial charge in [-0.05, 0) is 19.4 Å². The average molecular weight is 396 g/mol. The molecule has 1 N–H and O–H groups in total. The molecular weight excluding hydrogens is 383 g/mol. The summed E-state index contributed by atoms with van der Waals surface area (Å²) >= 11 is 12.0. The SMILES string of the molecule is CCC(Oc1cc(-n2nc(C)n(C(F)F)c2=O)c(Cl)cc1Cl)C(=O)O. The Balaban J connectivity index is 2.57. The van der Waals surface area contributed by atoms with Gasteiger partial charge in [0, 0.05) is 6.07 Å². The number of rotatable bonds is 6. The average Bonchev–Trinajstić information content (AvgIpc) is 2.80. The van der Waals surface area contributed by atoms with Crippen molar-refractivity contribution < 1.29 is 23.4 Å². The van der Waals surface area contributed by atoms with E-state index in [0.29, 0.717) is 4.68 Å². The zero-order chi connectivity index (χ0) is 18.9. The van der Waals surface area contributed by atoms with Gasteiger partial charge in [-0.15, -0.1) is 5.10 Å². The van der Waals surface area contributed by atoms with Crippen LogP contribution in [0.2, 0.25) is 10.0 Å². The molecule has 1 atom stereocenters. The predicted molar refractivity (Wildman–Crippen MR) is 86.2 cm³/mol. The lowest BCUT2D eigenvalue weighted by atomic mass is 10.2. The van der Waals surface area contributed by atoms with Crippen molar-refractivity contribution in [2.45, 2.75) is 32.9 Å². The van der Waals surface area contributed by atoms with Crippen LogP contribution in [0, 0.1) is 6.92 Å². The number of halogens is 4. The molecule has 0 aliphatic carbocycles. The highest BCUT2D eigenvalue weighted by atomic mass is 35.5. The Morgan fingerprint density at radius 3 is 2.48 bits per heavy atom. The number of aliphatic carboxylic acids is 1. The van der Waals surface area contributed by atoms with Gasteiger partial charge in [-0.1, -0.05) is 30.1 Å². The van der Waals surface area contributed by atoms with Crippen LogP contribution in [0.25, 0.3) is 5.69 Å². The Kier molecular flexibility index (Phi) is 5.69. The normalized spacial score (nSPS) is 12.4. The summed E-state index contributed by atoms with van der Waals surface area (Å²) in [6, 6.07) is 2.39. The van der Waals surface area contributed by atoms with Crippen LogP contribution >= 0.6 is 23.2 Å². The molecule has 25 heavy (non-hydrogen) atoms. The van der Waals surface area contributed by atoms with E-state index >= 15 is 0 Å². The monoisotopic (exact) mass is 395 g/mol. The number of carboxylic acid groups (broad SMARTS) is 1. The number of aromatic nitrogens is 3. The van der Waals surface area contributed by atoms with Crippen molar-refractivity contribution in [3.05, 3.63) is 38.5 Å². The zero-order valence-corrected chi connectivity index (χ0v) is 14.6. The summed E-state index contributed by atoms with van der Waals surface area (Å²) in [7, 11) is 0. The fraction of sp³-hybridized carbons (Fsp3) is 0.357. The van der Waals surface area contributed by atoms with E-state index in [9.17, 15) is 18.4 Å². The molecule has 0 aliphatic rings. The van der Waals surface area contributed by atoms with Gasteiger partial charge in [0.15, 0.2) is 6.10 Å². The molecule has 0 amide bonds. The second-order valence-electron chi connectivity index (χ2n) is 4.98. The number of alkyl halides is 2. The summed E-state index contributed by atoms with van der Waals surface area (Å²) in [5.74, 6) is -1.48. The smallest absolute Gasteiger partial charge is 0.355 e. The van der Waals surface area contributed by atoms with Crippen LogP contribution in [0.3, 0.4) is 0 Å². The fourth-order valence-corrected chi connectivity index (χ4v) is 2.60. The second kappa shape index (κ2) is 7.40. The fourth-order valence-electron chi connectivity index (χ4n) is 2.09. The first-order valence-electron chi connectivity index (χ1n) is 7.02. The van der Waals surface area contributed by atoms with Gasteiger partial charge in [0.1, 0.15) is 11.6 Å². The number of benzene rings is 1. The third-order valence-electron chi connectivity index (χ3n) is 3.32. The molecule has 0 saturated heterocycles. The van der Waals surface area contributed by atoms with Crippen molar-refractivity contribution in [3.63, 3.8) is 0 Å². The standard InChI is InChI=1S/C14H13Cl2F2N3O4/c1-3-10(12(22)23)25-11-5-9(7(15)4-8(11)16)21-14(24)20(13(17)18)6(2)19-21/h4-5,10,13H,3H2,1-2H3,(H,22,23). The van der Waals surface area contributed by atoms with Crippen molar-refractivity contribution in [2.75, 3.05) is 0 Å². The minimum absolute atomic E-state index is 0.00603. The molecule has 0 saturated carbocycles. The first kappa shape index (κ1) is 19.2. The van der Waals surface area contributed by atoms with Gasteiger partial charge in [0.2, 0.25) is 0 Å². The maximum absolute atomic E-state index is 12.9. The van der Waals surface area contributed by atoms with Crippen molar-refractivity contribution >= 4 is 29.2 Å². The molecule has 2 rings (SSSR count). The Morgan fingerprint density at radius 2 is 2.00 bits per heavy atom. The Labute approximate surface area is 150 Å². The molecule has 1 heterocycles. The Hall–Kier alpha value is -2.13. The van der Waals surface area contributed by atoms with E-state index in [1.807, 2.05) is 0 Å². The number of carbonyl (C=O) groups is 1. The van der Waals surface area contributed by atoms with Crippen molar-refractivity contribution in [1.29, 1.82) is 0 Å². The first-order valence-corrected chi connectivity index (χ1v) is 7.78. The quantitative estimate of drug-likeness (QED) is 0.810. The van der Waals surface area contributed by atoms with E-state index in [1.54, 1.807) is 6.92 Å². The molecule has 0 spiro atoms. The van der Waals surface area contributed by atoms with E-state index in [2.05, 4.69) is 5.10 Å². The lowest BCUT2D eigenvalue weighted by molar-refractivity contribution is -0.145. The molecule has 11 heteroatoms. The Bertz CT molecular complexity index is 866. The van der Waals surface area contributed by atoms with Crippen LogP contribution in [0.4, 0.5) is 8.78 Å². The van der Waals surface area contributed by atoms with E-state index in [4.69, 9.17) is 33.0 Å². The number of aryl methyl sites for hydroxylation is 1. The summed E-state index contributed by atoms with van der Waals surface area (Å²) in [5, 5.41) is 12.8. The minimum Gasteiger partial charge on any atom is -0.479 e. The molecule has 1 aromatic heterocycles. The number of nitrogens with zero attached hydrogens (tertiary/aromatic N) is 3. The summed E-state index contributed by atoms with van der Waals surface area (Å²) < 4.78 is 32.0. The lowest BCUT2D eigenvalue weighted by Crippen LogP contribution is -2.27. The number of carboxylic acids is 1. The Morgan fingerprint density at radius 1 is 1.36 bits per heavy atom. The van der Waals surface area contributed by atoms with Crippen LogP contribution < -0.4 is 10.4 Å². The molecule has 0 bridgehead atoms. The van der Waals surface area contributed by atoms with Gasteiger partial charge in [-0.3, -0.25) is 0 Å². The third kappa shape index (κ3) is 3.77. The molecule has 0 radical (unpaired) electrons. The van der Waals surface area contributed by atoms with E-state index < -0.39 is 24.3 Å². The predicted octanol–water partition coefficient (Wildman–Crippen LogP) is 3.29. The van der Waals surface area contributed by atoms with Crippen molar-refractivity contribution in [2.24, 2.45) is 0 Å². The summed E-state index contributed by atoms with van der Waals surface area (Å²) in [4.78, 5) is 23.2. The van der Waals surface area contributed by atoms with Gasteiger partial charge in [0.25, 0.3) is 0 Å². The molecule has 1 unspecified atom stereocenters. The molecule has 0 fully saturated rings. The zero-order valence-electron chi connectivity index (χ0n) is 13.0. The number of hydrogen-bond donors (Lipinski definition) is 1. The minimum atomic E-state index is -3.07. The van der Waals surface area contributed by atoms with E-state index in [-0.39, 0.29) is 38.3 Å². The van der Waals surface area contributed by atoms with Gasteiger partial charge in [0.05, 0.1) is 15.7 Å². The molecular formula is C14H13Cl2F2N3O4. The summed E-state index contributed by atoms with van der Waals surface area (Å²) in [6.07, 6.45) is -1.02. The number of ether oxygens (including phenoxy) is 1. The lowest BCUT2D eigenvalue weighted by Gasteiger charge is -2.15. The van der Waals surface area contributed by atoms with Crippen LogP contribution in [-0.4, -0.2) is 31.5 Å². The maximum Gasteiger partial charge on any atom is 0.355 e. The van der Waals surface area contributed by atoms with Gasteiger partial charge < -0.3 is 9.84 Å². The highest BCUT2D eigenvalue weighted by Crippen LogP contribution is 2.33. The van der Waals surface area contributed by atoms with E-state index in [1.165, 1.54) is 19.1 Å². The van der Waals surface area contributed by atoms with E-state index in [0.717, 1.165) is 0 Å². The van der Waals surface area contributed by atoms with Gasteiger partial charge in [-0.25, -0.2) is 14.2 Å². The molecule has 0 aliphatic heterocycles. The van der Waals surface area contributed by atoms with Crippen LogP contribution in [0.1, 0.15) is 25.7 Å². The second-order valence-corrected chi connectivity index (χ2v) is 5.79.